The molecule has 0 aliphatic carbocycles. The Morgan fingerprint density at radius 1 is 1.47 bits per heavy atom. The molecule has 0 spiro atoms. The number of aliphatic carboxylic acids is 1. The summed E-state index contributed by atoms with van der Waals surface area (Å²) in [4.78, 5) is 12.8. The number of nitrogens with zero attached hydrogens (tertiary/aromatic N) is 1. The zero-order chi connectivity index (χ0) is 13.3. The van der Waals surface area contributed by atoms with Crippen molar-refractivity contribution in [3.05, 3.63) is 12.2 Å². The van der Waals surface area contributed by atoms with Crippen LogP contribution in [0.25, 0.3) is 0 Å². The summed E-state index contributed by atoms with van der Waals surface area (Å²) < 4.78 is 5.17. The first kappa shape index (κ1) is 16.1. The van der Waals surface area contributed by atoms with Gasteiger partial charge in [-0.2, -0.15) is 0 Å². The van der Waals surface area contributed by atoms with Crippen molar-refractivity contribution in [3.63, 3.8) is 0 Å². The molecule has 0 rings (SSSR count). The molecule has 0 heterocycles. The molecule has 0 amide bonds. The van der Waals surface area contributed by atoms with Gasteiger partial charge in [0.1, 0.15) is 0 Å². The molecule has 1 atom stereocenters. The molecule has 5 heteroatoms. The van der Waals surface area contributed by atoms with Crippen molar-refractivity contribution in [2.24, 2.45) is 5.92 Å². The van der Waals surface area contributed by atoms with Crippen LogP contribution in [0, 0.1) is 5.92 Å². The van der Waals surface area contributed by atoms with E-state index in [1.54, 1.807) is 6.92 Å². The summed E-state index contributed by atoms with van der Waals surface area (Å²) >= 11 is 0. The van der Waals surface area contributed by atoms with Crippen LogP contribution >= 0.6 is 0 Å². The minimum Gasteiger partial charge on any atom is -0.481 e. The van der Waals surface area contributed by atoms with Gasteiger partial charge in [0, 0.05) is 19.6 Å². The number of carboxylic acids is 1. The topological polar surface area (TPSA) is 70.0 Å². The molecule has 1 unspecified atom stereocenters. The SMILES string of the molecule is C=C(C)CN(CCOCCO)CC(C)C(=O)O. The fraction of sp³-hybridized carbons (Fsp3) is 0.750. The molecule has 0 bridgehead atoms. The third-order valence-corrected chi connectivity index (χ3v) is 2.23. The van der Waals surface area contributed by atoms with Crippen LogP contribution in [-0.4, -0.2) is 60.5 Å². The number of ether oxygens (including phenoxy) is 1. The molecule has 100 valence electrons. The predicted molar refractivity (Wildman–Crippen MR) is 66.0 cm³/mol. The Kier molecular flexibility index (Phi) is 8.66. The lowest BCUT2D eigenvalue weighted by Gasteiger charge is -2.24. The van der Waals surface area contributed by atoms with E-state index in [9.17, 15) is 4.79 Å². The first-order valence-electron chi connectivity index (χ1n) is 5.75. The third-order valence-electron chi connectivity index (χ3n) is 2.23. The zero-order valence-electron chi connectivity index (χ0n) is 10.7. The maximum Gasteiger partial charge on any atom is 0.307 e. The van der Waals surface area contributed by atoms with Gasteiger partial charge in [0.05, 0.1) is 25.7 Å². The molecule has 0 aliphatic rings. The van der Waals surface area contributed by atoms with E-state index in [0.29, 0.717) is 32.8 Å². The fourth-order valence-corrected chi connectivity index (χ4v) is 1.44. The van der Waals surface area contributed by atoms with E-state index in [1.165, 1.54) is 0 Å². The highest BCUT2D eigenvalue weighted by Gasteiger charge is 2.15. The van der Waals surface area contributed by atoms with Gasteiger partial charge in [-0.3, -0.25) is 9.69 Å². The number of carbonyl (C=O) groups is 1. The Bertz CT molecular complexity index is 243. The molecular formula is C12H23NO4. The van der Waals surface area contributed by atoms with Crippen molar-refractivity contribution in [2.75, 3.05) is 39.5 Å². The minimum atomic E-state index is -0.798. The second-order valence-corrected chi connectivity index (χ2v) is 4.27. The van der Waals surface area contributed by atoms with E-state index in [-0.39, 0.29) is 6.61 Å². The monoisotopic (exact) mass is 245 g/mol. The van der Waals surface area contributed by atoms with Crippen molar-refractivity contribution < 1.29 is 19.7 Å². The molecule has 2 N–H and O–H groups in total. The van der Waals surface area contributed by atoms with Crippen molar-refractivity contribution in [2.45, 2.75) is 13.8 Å². The van der Waals surface area contributed by atoms with E-state index in [1.807, 2.05) is 11.8 Å². The number of hydrogen-bond donors (Lipinski definition) is 2. The molecule has 0 saturated heterocycles. The second kappa shape index (κ2) is 9.15. The standard InChI is InChI=1S/C12H23NO4/c1-10(2)8-13(4-6-17-7-5-14)9-11(3)12(15)16/h11,14H,1,4-9H2,2-3H3,(H,15,16). The average molecular weight is 245 g/mol. The Balaban J connectivity index is 4.04. The summed E-state index contributed by atoms with van der Waals surface area (Å²) in [6.45, 7) is 10.0. The summed E-state index contributed by atoms with van der Waals surface area (Å²) in [6.07, 6.45) is 0. The first-order chi connectivity index (χ1) is 7.97. The van der Waals surface area contributed by atoms with E-state index in [4.69, 9.17) is 14.9 Å². The maximum atomic E-state index is 10.8. The van der Waals surface area contributed by atoms with Crippen molar-refractivity contribution in [1.29, 1.82) is 0 Å². The predicted octanol–water partition coefficient (Wildman–Crippen LogP) is 0.594. The molecule has 17 heavy (non-hydrogen) atoms. The molecule has 0 aromatic carbocycles. The van der Waals surface area contributed by atoms with Crippen LogP contribution in [0.1, 0.15) is 13.8 Å². The maximum absolute atomic E-state index is 10.8. The summed E-state index contributed by atoms with van der Waals surface area (Å²) in [7, 11) is 0. The van der Waals surface area contributed by atoms with Gasteiger partial charge in [0.25, 0.3) is 0 Å². The summed E-state index contributed by atoms with van der Waals surface area (Å²) in [5, 5.41) is 17.4. The van der Waals surface area contributed by atoms with Gasteiger partial charge < -0.3 is 14.9 Å². The lowest BCUT2D eigenvalue weighted by molar-refractivity contribution is -0.141. The quantitative estimate of drug-likeness (QED) is 0.435. The lowest BCUT2D eigenvalue weighted by Crippen LogP contribution is -2.35. The van der Waals surface area contributed by atoms with Crippen LogP contribution < -0.4 is 0 Å². The molecule has 0 aromatic heterocycles. The fourth-order valence-electron chi connectivity index (χ4n) is 1.44. The Labute approximate surface area is 103 Å². The van der Waals surface area contributed by atoms with Crippen LogP contribution in [0.3, 0.4) is 0 Å². The summed E-state index contributed by atoms with van der Waals surface area (Å²) in [5.74, 6) is -1.21. The van der Waals surface area contributed by atoms with E-state index in [0.717, 1.165) is 5.57 Å². The third kappa shape index (κ3) is 8.85. The van der Waals surface area contributed by atoms with Crippen molar-refractivity contribution in [3.8, 4) is 0 Å². The highest BCUT2D eigenvalue weighted by atomic mass is 16.5. The molecule has 0 aromatic rings. The zero-order valence-corrected chi connectivity index (χ0v) is 10.7. The Morgan fingerprint density at radius 2 is 2.12 bits per heavy atom. The van der Waals surface area contributed by atoms with E-state index in [2.05, 4.69) is 6.58 Å². The Hall–Kier alpha value is -0.910. The highest BCUT2D eigenvalue weighted by molar-refractivity contribution is 5.69. The van der Waals surface area contributed by atoms with E-state index < -0.39 is 11.9 Å². The number of hydrogen-bond acceptors (Lipinski definition) is 4. The van der Waals surface area contributed by atoms with Gasteiger partial charge in [-0.15, -0.1) is 0 Å². The lowest BCUT2D eigenvalue weighted by atomic mass is 10.1. The largest absolute Gasteiger partial charge is 0.481 e. The van der Waals surface area contributed by atoms with E-state index >= 15 is 0 Å². The van der Waals surface area contributed by atoms with Gasteiger partial charge >= 0.3 is 5.97 Å². The number of aliphatic hydroxyl groups excluding tert-OH is 1. The van der Waals surface area contributed by atoms with Gasteiger partial charge in [0.15, 0.2) is 0 Å². The van der Waals surface area contributed by atoms with Gasteiger partial charge in [-0.25, -0.2) is 0 Å². The Morgan fingerprint density at radius 3 is 2.59 bits per heavy atom. The van der Waals surface area contributed by atoms with Crippen LogP contribution in [0.4, 0.5) is 0 Å². The van der Waals surface area contributed by atoms with Crippen molar-refractivity contribution in [1.82, 2.24) is 4.90 Å². The minimum absolute atomic E-state index is 0.00597. The number of aliphatic hydroxyl groups is 1. The smallest absolute Gasteiger partial charge is 0.307 e. The van der Waals surface area contributed by atoms with Crippen LogP contribution in [0.5, 0.6) is 0 Å². The average Bonchev–Trinajstić information content (AvgIpc) is 2.23. The first-order valence-corrected chi connectivity index (χ1v) is 5.75. The molecule has 0 fully saturated rings. The molecule has 0 saturated carbocycles. The molecule has 5 nitrogen and oxygen atoms in total. The number of carboxylic acid groups (broad SMARTS) is 1. The number of rotatable bonds is 10. The normalized spacial score (nSPS) is 12.7. The summed E-state index contributed by atoms with van der Waals surface area (Å²) in [6, 6.07) is 0. The molecule has 0 aliphatic heterocycles. The van der Waals surface area contributed by atoms with Crippen LogP contribution in [0.15, 0.2) is 12.2 Å². The molecule has 0 radical (unpaired) electrons. The summed E-state index contributed by atoms with van der Waals surface area (Å²) in [5.41, 5.74) is 0.991. The van der Waals surface area contributed by atoms with Gasteiger partial charge in [-0.1, -0.05) is 19.1 Å². The second-order valence-electron chi connectivity index (χ2n) is 4.27. The molecular weight excluding hydrogens is 222 g/mol. The van der Waals surface area contributed by atoms with Gasteiger partial charge in [-0.05, 0) is 6.92 Å². The van der Waals surface area contributed by atoms with Gasteiger partial charge in [0.2, 0.25) is 0 Å². The van der Waals surface area contributed by atoms with Crippen LogP contribution in [-0.2, 0) is 9.53 Å². The highest BCUT2D eigenvalue weighted by Crippen LogP contribution is 2.03. The van der Waals surface area contributed by atoms with Crippen molar-refractivity contribution >= 4 is 5.97 Å². The van der Waals surface area contributed by atoms with Crippen LogP contribution in [0.2, 0.25) is 0 Å².